The van der Waals surface area contributed by atoms with Gasteiger partial charge in [-0.05, 0) is 42.8 Å². The summed E-state index contributed by atoms with van der Waals surface area (Å²) in [5.41, 5.74) is -0.874. The standard InChI is InChI=1S/C21H19BF3N3O7/c1-20(10-26,27-18(29)12-3-6-14(7-4-12)35-21(23,24)25)11-33-15-8-5-13-9-34-22(32)16(13)17(15)28(2)19(30)31/h3-8,32H,9,11H2,1-2H3,(H,27,29)(H,30,31). The van der Waals surface area contributed by atoms with Crippen molar-refractivity contribution in [1.82, 2.24) is 5.32 Å². The van der Waals surface area contributed by atoms with Gasteiger partial charge in [0.2, 0.25) is 0 Å². The molecule has 0 bridgehead atoms. The number of alkyl halides is 3. The van der Waals surface area contributed by atoms with E-state index >= 15 is 0 Å². The summed E-state index contributed by atoms with van der Waals surface area (Å²) in [7, 11) is -0.135. The molecule has 0 spiro atoms. The summed E-state index contributed by atoms with van der Waals surface area (Å²) in [6, 6.07) is 9.01. The van der Waals surface area contributed by atoms with Crippen molar-refractivity contribution in [1.29, 1.82) is 5.26 Å². The fraction of sp³-hybridized carbons (Fsp3) is 0.286. The largest absolute Gasteiger partial charge is 0.573 e. The number of amides is 2. The molecule has 1 unspecified atom stereocenters. The molecule has 35 heavy (non-hydrogen) atoms. The number of carboxylic acid groups (broad SMARTS) is 1. The lowest BCUT2D eigenvalue weighted by Gasteiger charge is -2.26. The van der Waals surface area contributed by atoms with Crippen LogP contribution in [0.3, 0.4) is 0 Å². The molecular formula is C21H19BF3N3O7. The van der Waals surface area contributed by atoms with Crippen LogP contribution in [0.4, 0.5) is 23.7 Å². The van der Waals surface area contributed by atoms with Gasteiger partial charge in [0.1, 0.15) is 18.1 Å². The van der Waals surface area contributed by atoms with Crippen molar-refractivity contribution in [3.8, 4) is 17.6 Å². The van der Waals surface area contributed by atoms with Gasteiger partial charge in [0, 0.05) is 18.1 Å². The van der Waals surface area contributed by atoms with E-state index in [0.29, 0.717) is 5.56 Å². The van der Waals surface area contributed by atoms with Gasteiger partial charge in [-0.1, -0.05) is 6.07 Å². The van der Waals surface area contributed by atoms with Crippen LogP contribution in [0.2, 0.25) is 0 Å². The van der Waals surface area contributed by atoms with Gasteiger partial charge in [-0.2, -0.15) is 5.26 Å². The van der Waals surface area contributed by atoms with Crippen LogP contribution in [0, 0.1) is 11.3 Å². The Morgan fingerprint density at radius 1 is 1.26 bits per heavy atom. The van der Waals surface area contributed by atoms with Crippen LogP contribution in [0.5, 0.6) is 11.5 Å². The highest BCUT2D eigenvalue weighted by atomic mass is 19.4. The van der Waals surface area contributed by atoms with E-state index in [0.717, 1.165) is 29.2 Å². The number of carbonyl (C=O) groups excluding carboxylic acids is 1. The highest BCUT2D eigenvalue weighted by molar-refractivity contribution is 6.63. The van der Waals surface area contributed by atoms with E-state index < -0.39 is 43.4 Å². The number of nitrogens with one attached hydrogen (secondary N) is 1. The summed E-state index contributed by atoms with van der Waals surface area (Å²) < 4.78 is 51.5. The molecule has 184 valence electrons. The normalized spacial score (nSPS) is 14.4. The zero-order valence-corrected chi connectivity index (χ0v) is 18.4. The Hall–Kier alpha value is -3.96. The van der Waals surface area contributed by atoms with Gasteiger partial charge in [0.15, 0.2) is 5.54 Å². The van der Waals surface area contributed by atoms with Crippen LogP contribution >= 0.6 is 0 Å². The molecule has 2 amide bonds. The number of carbonyl (C=O) groups is 2. The highest BCUT2D eigenvalue weighted by Gasteiger charge is 2.36. The Labute approximate surface area is 197 Å². The predicted octanol–water partition coefficient (Wildman–Crippen LogP) is 2.01. The van der Waals surface area contributed by atoms with Crippen LogP contribution in [0.25, 0.3) is 0 Å². The van der Waals surface area contributed by atoms with E-state index in [4.69, 9.17) is 9.39 Å². The summed E-state index contributed by atoms with van der Waals surface area (Å²) in [4.78, 5) is 25.0. The first kappa shape index (κ1) is 25.7. The van der Waals surface area contributed by atoms with Gasteiger partial charge in [-0.15, -0.1) is 13.2 Å². The van der Waals surface area contributed by atoms with Crippen LogP contribution in [0.1, 0.15) is 22.8 Å². The quantitative estimate of drug-likeness (QED) is 0.498. The number of hydrogen-bond acceptors (Lipinski definition) is 7. The van der Waals surface area contributed by atoms with Gasteiger partial charge in [0.05, 0.1) is 18.4 Å². The first-order valence-electron chi connectivity index (χ1n) is 9.98. The zero-order valence-electron chi connectivity index (χ0n) is 18.4. The van der Waals surface area contributed by atoms with Crippen molar-refractivity contribution < 1.29 is 47.0 Å². The third kappa shape index (κ3) is 5.95. The van der Waals surface area contributed by atoms with E-state index in [9.17, 15) is 38.2 Å². The number of halogens is 3. The minimum absolute atomic E-state index is 0.0163. The molecule has 1 heterocycles. The van der Waals surface area contributed by atoms with Crippen LogP contribution < -0.4 is 25.2 Å². The maximum absolute atomic E-state index is 12.6. The Morgan fingerprint density at radius 3 is 2.49 bits per heavy atom. The third-order valence-corrected chi connectivity index (χ3v) is 5.04. The molecular weight excluding hydrogens is 474 g/mol. The van der Waals surface area contributed by atoms with Gasteiger partial charge in [-0.3, -0.25) is 9.69 Å². The van der Waals surface area contributed by atoms with E-state index in [-0.39, 0.29) is 29.1 Å². The van der Waals surface area contributed by atoms with Gasteiger partial charge in [-0.25, -0.2) is 4.79 Å². The Bertz CT molecular complexity index is 1170. The number of fused-ring (bicyclic) bond motifs is 1. The molecule has 14 heteroatoms. The van der Waals surface area contributed by atoms with Crippen LogP contribution in [-0.4, -0.2) is 54.8 Å². The monoisotopic (exact) mass is 493 g/mol. The fourth-order valence-corrected chi connectivity index (χ4v) is 3.29. The Kier molecular flexibility index (Phi) is 7.13. The molecule has 1 aliphatic rings. The summed E-state index contributed by atoms with van der Waals surface area (Å²) in [5.74, 6) is -1.27. The molecule has 2 aromatic rings. The van der Waals surface area contributed by atoms with Crippen molar-refractivity contribution in [2.45, 2.75) is 25.4 Å². The number of hydrogen-bond donors (Lipinski definition) is 3. The summed E-state index contributed by atoms with van der Waals surface area (Å²) >= 11 is 0. The summed E-state index contributed by atoms with van der Waals surface area (Å²) in [5, 5.41) is 31.7. The molecule has 0 saturated carbocycles. The van der Waals surface area contributed by atoms with E-state index in [1.807, 2.05) is 6.07 Å². The van der Waals surface area contributed by atoms with Crippen LogP contribution in [0.15, 0.2) is 36.4 Å². The molecule has 0 fully saturated rings. The first-order chi connectivity index (χ1) is 16.3. The maximum Gasteiger partial charge on any atom is 0.573 e. The Balaban J connectivity index is 1.77. The lowest BCUT2D eigenvalue weighted by Crippen LogP contribution is -2.49. The fourth-order valence-electron chi connectivity index (χ4n) is 3.29. The molecule has 3 N–H and O–H groups in total. The molecule has 10 nitrogen and oxygen atoms in total. The average molecular weight is 493 g/mol. The second-order valence-corrected chi connectivity index (χ2v) is 7.75. The second kappa shape index (κ2) is 9.73. The van der Waals surface area contributed by atoms with Crippen LogP contribution in [-0.2, 0) is 11.3 Å². The van der Waals surface area contributed by atoms with E-state index in [2.05, 4.69) is 10.1 Å². The minimum Gasteiger partial charge on any atom is -0.488 e. The lowest BCUT2D eigenvalue weighted by molar-refractivity contribution is -0.274. The van der Waals surface area contributed by atoms with E-state index in [1.54, 1.807) is 6.07 Å². The molecule has 1 atom stereocenters. The number of nitrogens with zero attached hydrogens (tertiary/aromatic N) is 2. The Morgan fingerprint density at radius 2 is 1.91 bits per heavy atom. The smallest absolute Gasteiger partial charge is 0.488 e. The number of benzene rings is 2. The van der Waals surface area contributed by atoms with Crippen molar-refractivity contribution in [3.05, 3.63) is 47.5 Å². The third-order valence-electron chi connectivity index (χ3n) is 5.04. The number of rotatable bonds is 7. The molecule has 0 aromatic heterocycles. The van der Waals surface area contributed by atoms with Gasteiger partial charge in [0.25, 0.3) is 5.91 Å². The predicted molar refractivity (Wildman–Crippen MR) is 115 cm³/mol. The molecule has 3 rings (SSSR count). The van der Waals surface area contributed by atoms with Crippen molar-refractivity contribution in [2.75, 3.05) is 18.6 Å². The number of anilines is 1. The first-order valence-corrected chi connectivity index (χ1v) is 9.98. The zero-order chi connectivity index (χ0) is 26.0. The average Bonchev–Trinajstić information content (AvgIpc) is 3.17. The molecule has 1 aliphatic heterocycles. The summed E-state index contributed by atoms with van der Waals surface area (Å²) in [6.07, 6.45) is -6.22. The lowest BCUT2D eigenvalue weighted by atomic mass is 9.77. The van der Waals surface area contributed by atoms with Gasteiger partial charge >= 0.3 is 19.6 Å². The second-order valence-electron chi connectivity index (χ2n) is 7.75. The molecule has 2 aromatic carbocycles. The topological polar surface area (TPSA) is 141 Å². The highest BCUT2D eigenvalue weighted by Crippen LogP contribution is 2.31. The molecule has 0 saturated heterocycles. The summed E-state index contributed by atoms with van der Waals surface area (Å²) in [6.45, 7) is 0.981. The van der Waals surface area contributed by atoms with E-state index in [1.165, 1.54) is 20.0 Å². The van der Waals surface area contributed by atoms with Gasteiger partial charge < -0.3 is 29.6 Å². The molecule has 0 aliphatic carbocycles. The maximum atomic E-state index is 12.6. The van der Waals surface area contributed by atoms with Crippen molar-refractivity contribution in [2.24, 2.45) is 0 Å². The number of ether oxygens (including phenoxy) is 2. The molecule has 0 radical (unpaired) electrons. The SMILES string of the molecule is CN(C(=O)O)c1c(OCC(C)(C#N)NC(=O)c2ccc(OC(F)(F)F)cc2)ccc2c1B(O)OC2. The minimum atomic E-state index is -4.88. The van der Waals surface area contributed by atoms with Crippen molar-refractivity contribution >= 4 is 30.3 Å². The van der Waals surface area contributed by atoms with Crippen molar-refractivity contribution in [3.63, 3.8) is 0 Å². The number of nitriles is 1.